The molecule has 1 aliphatic heterocycles. The van der Waals surface area contributed by atoms with Gasteiger partial charge in [-0.3, -0.25) is 9.59 Å². The van der Waals surface area contributed by atoms with Gasteiger partial charge in [-0.2, -0.15) is 0 Å². The highest BCUT2D eigenvalue weighted by Crippen LogP contribution is 2.38. The Morgan fingerprint density at radius 1 is 1.00 bits per heavy atom. The summed E-state index contributed by atoms with van der Waals surface area (Å²) in [6.07, 6.45) is 2.50. The van der Waals surface area contributed by atoms with Crippen LogP contribution in [0.5, 0.6) is 11.5 Å². The van der Waals surface area contributed by atoms with Gasteiger partial charge in [0.05, 0.1) is 24.8 Å². The molecule has 0 atom stereocenters. The number of carbonyl (C=O) groups excluding carboxylic acids is 2. The Labute approximate surface area is 197 Å². The topological polar surface area (TPSA) is 76.7 Å². The van der Waals surface area contributed by atoms with Crippen LogP contribution in [0.25, 0.3) is 6.08 Å². The molecule has 2 amide bonds. The lowest BCUT2D eigenvalue weighted by molar-refractivity contribution is -0.112. The average Bonchev–Trinajstić information content (AvgIpc) is 2.84. The minimum absolute atomic E-state index is 0.129. The van der Waals surface area contributed by atoms with E-state index < -0.39 is 0 Å². The zero-order valence-corrected chi connectivity index (χ0v) is 19.2. The Kier molecular flexibility index (Phi) is 7.00. The van der Waals surface area contributed by atoms with Crippen LogP contribution < -0.4 is 20.1 Å². The lowest BCUT2D eigenvalue weighted by Gasteiger charge is -2.18. The molecule has 0 saturated heterocycles. The molecule has 1 aliphatic rings. The number of fused-ring (bicyclic) bond motifs is 1. The molecule has 0 radical (unpaired) electrons. The van der Waals surface area contributed by atoms with Crippen molar-refractivity contribution in [3.8, 4) is 11.5 Å². The summed E-state index contributed by atoms with van der Waals surface area (Å²) >= 11 is 1.44. The van der Waals surface area contributed by atoms with Crippen molar-refractivity contribution >= 4 is 35.3 Å². The number of rotatable bonds is 7. The summed E-state index contributed by atoms with van der Waals surface area (Å²) in [6.45, 7) is 0.496. The molecule has 6 nitrogen and oxygen atoms in total. The predicted octanol–water partition coefficient (Wildman–Crippen LogP) is 4.76. The van der Waals surface area contributed by atoms with E-state index in [2.05, 4.69) is 10.6 Å². The van der Waals surface area contributed by atoms with Crippen LogP contribution in [-0.2, 0) is 11.2 Å². The van der Waals surface area contributed by atoms with Gasteiger partial charge in [-0.1, -0.05) is 42.1 Å². The van der Waals surface area contributed by atoms with E-state index in [-0.39, 0.29) is 11.8 Å². The van der Waals surface area contributed by atoms with Gasteiger partial charge in [0.15, 0.2) is 11.5 Å². The zero-order valence-electron chi connectivity index (χ0n) is 18.4. The maximum Gasteiger partial charge on any atom is 0.262 e. The molecule has 2 N–H and O–H groups in total. The van der Waals surface area contributed by atoms with Crippen molar-refractivity contribution in [1.29, 1.82) is 0 Å². The van der Waals surface area contributed by atoms with Gasteiger partial charge in [0.2, 0.25) is 0 Å². The van der Waals surface area contributed by atoms with Crippen LogP contribution in [0.2, 0.25) is 0 Å². The van der Waals surface area contributed by atoms with Gasteiger partial charge in [0.1, 0.15) is 0 Å². The number of methoxy groups -OCH3 is 2. The largest absolute Gasteiger partial charge is 0.493 e. The second-order valence-electron chi connectivity index (χ2n) is 7.38. The summed E-state index contributed by atoms with van der Waals surface area (Å²) < 4.78 is 10.6. The number of ether oxygens (including phenoxy) is 2. The van der Waals surface area contributed by atoms with Crippen molar-refractivity contribution in [2.75, 3.05) is 26.1 Å². The van der Waals surface area contributed by atoms with E-state index in [4.69, 9.17) is 9.47 Å². The first-order valence-corrected chi connectivity index (χ1v) is 11.3. The lowest BCUT2D eigenvalue weighted by Crippen LogP contribution is -2.25. The van der Waals surface area contributed by atoms with Gasteiger partial charge < -0.3 is 20.1 Å². The molecule has 0 saturated carbocycles. The number of anilines is 1. The highest BCUT2D eigenvalue weighted by atomic mass is 32.2. The number of hydrogen-bond donors (Lipinski definition) is 2. The number of carbonyl (C=O) groups is 2. The van der Waals surface area contributed by atoms with Crippen LogP contribution in [0.15, 0.2) is 76.5 Å². The summed E-state index contributed by atoms with van der Waals surface area (Å²) in [6, 6.07) is 20.6. The van der Waals surface area contributed by atoms with Crippen LogP contribution >= 0.6 is 11.8 Å². The first-order chi connectivity index (χ1) is 16.1. The molecular weight excluding hydrogens is 436 g/mol. The van der Waals surface area contributed by atoms with E-state index in [0.29, 0.717) is 34.9 Å². The third-order valence-electron chi connectivity index (χ3n) is 5.20. The summed E-state index contributed by atoms with van der Waals surface area (Å²) in [4.78, 5) is 26.5. The Morgan fingerprint density at radius 2 is 1.76 bits per heavy atom. The molecule has 0 unspecified atom stereocenters. The zero-order chi connectivity index (χ0) is 23.2. The Hall–Kier alpha value is -3.71. The molecule has 4 rings (SSSR count). The van der Waals surface area contributed by atoms with Gasteiger partial charge in [0, 0.05) is 17.0 Å². The van der Waals surface area contributed by atoms with Gasteiger partial charge in [-0.05, 0) is 60.0 Å². The van der Waals surface area contributed by atoms with Crippen molar-refractivity contribution in [3.05, 3.63) is 88.3 Å². The van der Waals surface area contributed by atoms with Crippen LogP contribution in [0.4, 0.5) is 5.69 Å². The molecule has 0 spiro atoms. The molecule has 0 bridgehead atoms. The SMILES string of the molecule is COc1ccc(CCNC(=O)c2ccc(C=C3Sc4ccccc4NC3=O)cc2)cc1OC. The monoisotopic (exact) mass is 460 g/mol. The van der Waals surface area contributed by atoms with Crippen molar-refractivity contribution in [2.45, 2.75) is 11.3 Å². The fourth-order valence-corrected chi connectivity index (χ4v) is 4.39. The van der Waals surface area contributed by atoms with Crippen molar-refractivity contribution in [3.63, 3.8) is 0 Å². The van der Waals surface area contributed by atoms with Crippen LogP contribution in [0.3, 0.4) is 0 Å². The van der Waals surface area contributed by atoms with Crippen molar-refractivity contribution in [1.82, 2.24) is 5.32 Å². The van der Waals surface area contributed by atoms with Crippen molar-refractivity contribution < 1.29 is 19.1 Å². The van der Waals surface area contributed by atoms with E-state index in [0.717, 1.165) is 21.7 Å². The highest BCUT2D eigenvalue weighted by molar-refractivity contribution is 8.04. The van der Waals surface area contributed by atoms with E-state index in [1.54, 1.807) is 26.4 Å². The van der Waals surface area contributed by atoms with Crippen molar-refractivity contribution in [2.24, 2.45) is 0 Å². The minimum atomic E-state index is -0.145. The van der Waals surface area contributed by atoms with Gasteiger partial charge >= 0.3 is 0 Å². The standard InChI is InChI=1S/C26H24N2O4S/c1-31-21-12-9-18(15-22(21)32-2)13-14-27-25(29)19-10-7-17(8-11-19)16-24-26(30)28-20-5-3-4-6-23(20)33-24/h3-12,15-16H,13-14H2,1-2H3,(H,27,29)(H,28,30). The van der Waals surface area contributed by atoms with E-state index in [1.807, 2.05) is 60.7 Å². The fourth-order valence-electron chi connectivity index (χ4n) is 3.44. The van der Waals surface area contributed by atoms with E-state index >= 15 is 0 Å². The molecule has 0 aromatic heterocycles. The normalized spacial score (nSPS) is 13.8. The number of benzene rings is 3. The van der Waals surface area contributed by atoms with Gasteiger partial charge in [-0.15, -0.1) is 0 Å². The molecule has 3 aromatic carbocycles. The smallest absolute Gasteiger partial charge is 0.262 e. The number of thioether (sulfide) groups is 1. The van der Waals surface area contributed by atoms with Gasteiger partial charge in [0.25, 0.3) is 11.8 Å². The third kappa shape index (κ3) is 5.38. The van der Waals surface area contributed by atoms with Crippen LogP contribution in [-0.4, -0.2) is 32.6 Å². The molecule has 1 heterocycles. The van der Waals surface area contributed by atoms with Gasteiger partial charge in [-0.25, -0.2) is 0 Å². The first-order valence-electron chi connectivity index (χ1n) is 10.5. The Morgan fingerprint density at radius 3 is 2.52 bits per heavy atom. The van der Waals surface area contributed by atoms with E-state index in [9.17, 15) is 9.59 Å². The number of hydrogen-bond acceptors (Lipinski definition) is 5. The summed E-state index contributed by atoms with van der Waals surface area (Å²) in [7, 11) is 3.20. The maximum absolute atomic E-state index is 12.5. The van der Waals surface area contributed by atoms with Crippen LogP contribution in [0, 0.1) is 0 Å². The first kappa shape index (κ1) is 22.5. The predicted molar refractivity (Wildman–Crippen MR) is 131 cm³/mol. The molecule has 0 aliphatic carbocycles. The fraction of sp³-hybridized carbons (Fsp3) is 0.154. The molecule has 168 valence electrons. The molecule has 3 aromatic rings. The number of nitrogens with one attached hydrogen (secondary N) is 2. The highest BCUT2D eigenvalue weighted by Gasteiger charge is 2.20. The summed E-state index contributed by atoms with van der Waals surface area (Å²) in [5.41, 5.74) is 3.29. The molecule has 7 heteroatoms. The lowest BCUT2D eigenvalue weighted by atomic mass is 10.1. The van der Waals surface area contributed by atoms with E-state index in [1.165, 1.54) is 11.8 Å². The summed E-state index contributed by atoms with van der Waals surface area (Å²) in [5, 5.41) is 5.84. The second-order valence-corrected chi connectivity index (χ2v) is 8.46. The Balaban J connectivity index is 1.35. The average molecular weight is 461 g/mol. The third-order valence-corrected chi connectivity index (χ3v) is 6.30. The number of para-hydroxylation sites is 1. The van der Waals surface area contributed by atoms with Crippen LogP contribution in [0.1, 0.15) is 21.5 Å². The summed E-state index contributed by atoms with van der Waals surface area (Å²) in [5.74, 6) is 1.07. The second kappa shape index (κ2) is 10.3. The minimum Gasteiger partial charge on any atom is -0.493 e. The quantitative estimate of drug-likeness (QED) is 0.497. The molecule has 0 fully saturated rings. The maximum atomic E-state index is 12.5. The number of amides is 2. The molecular formula is C26H24N2O4S. The molecule has 33 heavy (non-hydrogen) atoms. The Bertz CT molecular complexity index is 1210.